The first kappa shape index (κ1) is 41.6. The average Bonchev–Trinajstić information content (AvgIpc) is 3.71. The molecule has 4 unspecified atom stereocenters. The highest BCUT2D eigenvalue weighted by Crippen LogP contribution is 2.60. The van der Waals surface area contributed by atoms with Gasteiger partial charge in [-0.1, -0.05) is 9.97 Å². The van der Waals surface area contributed by atoms with E-state index in [1.807, 2.05) is 0 Å². The predicted octanol–water partition coefficient (Wildman–Crippen LogP) is -9.13. The molecule has 10 atom stereocenters. The van der Waals surface area contributed by atoms with Crippen molar-refractivity contribution in [2.45, 2.75) is 49.1 Å². The van der Waals surface area contributed by atoms with Crippen LogP contribution in [-0.4, -0.2) is 104 Å². The summed E-state index contributed by atoms with van der Waals surface area (Å²) in [4.78, 5) is 58.4. The van der Waals surface area contributed by atoms with Crippen molar-refractivity contribution in [3.8, 4) is 11.8 Å². The maximum Gasteiger partial charge on any atom is 0.309 e. The number of ether oxygens (including phenoxy) is 2. The summed E-state index contributed by atoms with van der Waals surface area (Å²) < 4.78 is 59.8. The first-order chi connectivity index (χ1) is 24.9. The third kappa shape index (κ3) is 8.62. The number of aryl methyl sites for hydroxylation is 2. The zero-order valence-electron chi connectivity index (χ0n) is 27.2. The molecule has 32 heteroatoms. The summed E-state index contributed by atoms with van der Waals surface area (Å²) in [7, 11) is -15.1. The van der Waals surface area contributed by atoms with E-state index in [0.717, 1.165) is 4.57 Å². The third-order valence-corrected chi connectivity index (χ3v) is 11.4. The second-order valence-electron chi connectivity index (χ2n) is 11.5. The SMILES string of the molecule is Cn1c[n+]([C@@H]2O[C@H](CO)[C@H](O)C2O)c2nc(N)nc([O-])c21.Cn1c[n+]([C@@H]2O[C@H](COP(=O)([O-])OP(=O)([O-])OP(=O)([O-])[O-])[C@H](O)C2O)c2nc(N)nc([O-])c21. The smallest absolute Gasteiger partial charge is 0.309 e. The Hall–Kier alpha value is -3.57. The van der Waals surface area contributed by atoms with Gasteiger partial charge in [-0.05, 0) is 0 Å². The van der Waals surface area contributed by atoms with Crippen LogP contribution in [0.15, 0.2) is 12.7 Å². The molecule has 0 radical (unpaired) electrons. The number of hydrogen-bond acceptors (Lipinski definition) is 25. The first-order valence-corrected chi connectivity index (χ1v) is 19.1. The molecular formula is C22H29N10O19P3-4. The second kappa shape index (κ2) is 15.2. The minimum Gasteiger partial charge on any atom is -0.856 e. The minimum absolute atomic E-state index is 0.0353. The van der Waals surface area contributed by atoms with Crippen molar-refractivity contribution in [2.24, 2.45) is 14.1 Å². The van der Waals surface area contributed by atoms with Gasteiger partial charge < -0.3 is 85.3 Å². The number of rotatable bonds is 10. The number of imidazole rings is 2. The summed E-state index contributed by atoms with van der Waals surface area (Å²) in [6, 6.07) is 0. The number of fused-ring (bicyclic) bond motifs is 2. The summed E-state index contributed by atoms with van der Waals surface area (Å²) in [5.41, 5.74) is 11.2. The molecule has 0 aromatic carbocycles. The predicted molar refractivity (Wildman–Crippen MR) is 155 cm³/mol. The lowest BCUT2D eigenvalue weighted by Gasteiger charge is -2.37. The zero-order valence-corrected chi connectivity index (χ0v) is 29.9. The molecule has 2 saturated heterocycles. The van der Waals surface area contributed by atoms with Crippen molar-refractivity contribution >= 4 is 57.7 Å². The Morgan fingerprint density at radius 3 is 1.57 bits per heavy atom. The number of nitrogens with zero attached hydrogens (tertiary/aromatic N) is 8. The van der Waals surface area contributed by atoms with Crippen LogP contribution in [0.3, 0.4) is 0 Å². The highest BCUT2D eigenvalue weighted by atomic mass is 31.3. The molecule has 4 aromatic rings. The Kier molecular flexibility index (Phi) is 11.7. The molecular weight excluding hydrogens is 801 g/mol. The summed E-state index contributed by atoms with van der Waals surface area (Å²) in [6.07, 6.45) is -8.27. The van der Waals surface area contributed by atoms with Crippen molar-refractivity contribution in [2.75, 3.05) is 24.7 Å². The van der Waals surface area contributed by atoms with Gasteiger partial charge in [-0.3, -0.25) is 22.6 Å². The number of nitrogens with two attached hydrogens (primary N) is 2. The van der Waals surface area contributed by atoms with Crippen LogP contribution in [0.1, 0.15) is 12.5 Å². The molecule has 6 rings (SSSR count). The van der Waals surface area contributed by atoms with Gasteiger partial charge in [0.15, 0.2) is 23.7 Å². The standard InChI is InChI=1S/C11H18N5O14P3.C11H15N5O5/c1-15-3-16(8-5(15)9(19)14-11(12)13-8)10-7(18)6(17)4(28-10)2-27-32(23,24)30-33(25,26)29-31(20,21)22;1-15-3-16(8-5(15)9(20)14-11(12)13-8)10-7(19)6(18)4(2-17)21-10/h3-4,6-7,10,17-18H,2H2,1H3,(H6-,12,13,14,19,20,21,22,23,24,25,26);3-4,6-7,10,17-19H,2H2,1H3,(H2-,12,13,14,20)/p-4/t2*4-,6+,7?,10-/m11/s1. The number of phosphoric acid groups is 3. The third-order valence-electron chi connectivity index (χ3n) is 7.69. The fourth-order valence-electron chi connectivity index (χ4n) is 5.48. The van der Waals surface area contributed by atoms with Gasteiger partial charge in [0.25, 0.3) is 27.5 Å². The zero-order chi connectivity index (χ0) is 40.2. The molecule has 0 amide bonds. The van der Waals surface area contributed by atoms with Crippen LogP contribution in [0.5, 0.6) is 11.8 Å². The lowest BCUT2D eigenvalue weighted by atomic mass is 10.1. The molecule has 54 heavy (non-hydrogen) atoms. The average molecular weight is 830 g/mol. The number of anilines is 2. The Morgan fingerprint density at radius 1 is 0.741 bits per heavy atom. The van der Waals surface area contributed by atoms with E-state index in [1.54, 1.807) is 7.05 Å². The van der Waals surface area contributed by atoms with Crippen LogP contribution in [0, 0.1) is 0 Å². The summed E-state index contributed by atoms with van der Waals surface area (Å²) >= 11 is 0. The fourth-order valence-corrected chi connectivity index (χ4v) is 8.35. The molecule has 6 heterocycles. The van der Waals surface area contributed by atoms with Crippen LogP contribution in [-0.2, 0) is 50.4 Å². The van der Waals surface area contributed by atoms with E-state index in [2.05, 4.69) is 33.1 Å². The van der Waals surface area contributed by atoms with Crippen molar-refractivity contribution in [1.82, 2.24) is 29.1 Å². The molecule has 300 valence electrons. The molecule has 29 nitrogen and oxygen atoms in total. The van der Waals surface area contributed by atoms with Crippen molar-refractivity contribution < 1.29 is 101 Å². The quantitative estimate of drug-likeness (QED) is 0.0576. The number of nitrogen functional groups attached to an aromatic ring is 2. The van der Waals surface area contributed by atoms with Crippen molar-refractivity contribution in [3.05, 3.63) is 12.7 Å². The van der Waals surface area contributed by atoms with Crippen LogP contribution in [0.2, 0.25) is 0 Å². The van der Waals surface area contributed by atoms with E-state index in [9.17, 15) is 63.9 Å². The molecule has 4 aromatic heterocycles. The maximum atomic E-state index is 12.0. The van der Waals surface area contributed by atoms with E-state index in [0.29, 0.717) is 0 Å². The molecule has 0 spiro atoms. The number of aliphatic hydroxyl groups excluding tert-OH is 5. The van der Waals surface area contributed by atoms with E-state index < -0.39 is 103 Å². The Bertz CT molecular complexity index is 2180. The number of hydrogen-bond donors (Lipinski definition) is 7. The fraction of sp³-hybridized carbons (Fsp3) is 0.545. The Morgan fingerprint density at radius 2 is 1.17 bits per heavy atom. The Balaban J connectivity index is 0.000000228. The van der Waals surface area contributed by atoms with E-state index >= 15 is 0 Å². The molecule has 2 aliphatic rings. The molecule has 2 fully saturated rings. The second-order valence-corrected chi connectivity index (χ2v) is 15.7. The normalized spacial score (nSPS) is 28.2. The summed E-state index contributed by atoms with van der Waals surface area (Å²) in [5, 5.41) is 73.4. The van der Waals surface area contributed by atoms with Gasteiger partial charge in [-0.2, -0.15) is 0 Å². The van der Waals surface area contributed by atoms with Gasteiger partial charge in [0.1, 0.15) is 36.6 Å². The summed E-state index contributed by atoms with van der Waals surface area (Å²) in [6.45, 7) is -1.57. The number of aromatic nitrogens is 8. The van der Waals surface area contributed by atoms with Gasteiger partial charge in [-0.25, -0.2) is 23.4 Å². The van der Waals surface area contributed by atoms with Crippen LogP contribution in [0.25, 0.3) is 22.3 Å². The maximum absolute atomic E-state index is 12.0. The largest absolute Gasteiger partial charge is 0.856 e. The minimum atomic E-state index is -6.17. The molecule has 0 saturated carbocycles. The van der Waals surface area contributed by atoms with Gasteiger partial charge in [0, 0.05) is 11.8 Å². The van der Waals surface area contributed by atoms with E-state index in [1.165, 1.54) is 33.4 Å². The molecule has 0 bridgehead atoms. The number of phosphoric ester groups is 1. The first-order valence-electron chi connectivity index (χ1n) is 14.7. The van der Waals surface area contributed by atoms with Gasteiger partial charge in [-0.15, -0.1) is 0 Å². The topological polar surface area (TPSA) is 458 Å². The van der Waals surface area contributed by atoms with Crippen LogP contribution >= 0.6 is 23.5 Å². The van der Waals surface area contributed by atoms with Crippen LogP contribution in [0.4, 0.5) is 11.9 Å². The van der Waals surface area contributed by atoms with Crippen LogP contribution < -0.4 is 50.4 Å². The highest BCUT2D eigenvalue weighted by molar-refractivity contribution is 7.64. The molecule has 9 N–H and O–H groups in total. The molecule has 2 aliphatic heterocycles. The van der Waals surface area contributed by atoms with Gasteiger partial charge >= 0.3 is 11.3 Å². The number of aliphatic hydroxyl groups is 5. The monoisotopic (exact) mass is 830 g/mol. The summed E-state index contributed by atoms with van der Waals surface area (Å²) in [5.74, 6) is -1.89. The van der Waals surface area contributed by atoms with Gasteiger partial charge in [0.2, 0.25) is 12.5 Å². The Labute approximate surface area is 299 Å². The lowest BCUT2D eigenvalue weighted by molar-refractivity contribution is -0.746. The van der Waals surface area contributed by atoms with E-state index in [-0.39, 0.29) is 28.3 Å². The highest BCUT2D eigenvalue weighted by Gasteiger charge is 2.48. The van der Waals surface area contributed by atoms with Crippen molar-refractivity contribution in [3.63, 3.8) is 0 Å². The molecule has 0 aliphatic carbocycles. The van der Waals surface area contributed by atoms with E-state index in [4.69, 9.17) is 26.0 Å². The van der Waals surface area contributed by atoms with Gasteiger partial charge in [0.05, 0.1) is 35.1 Å². The van der Waals surface area contributed by atoms with Crippen molar-refractivity contribution in [1.29, 1.82) is 0 Å². The lowest BCUT2D eigenvalue weighted by Crippen LogP contribution is -2.46.